The molecular formula is C11H16N4O2. The van der Waals surface area contributed by atoms with Crippen molar-refractivity contribution in [2.24, 2.45) is 4.99 Å². The lowest BCUT2D eigenvalue weighted by Crippen LogP contribution is -2.27. The summed E-state index contributed by atoms with van der Waals surface area (Å²) in [5.74, 6) is 1.51. The topological polar surface area (TPSA) is 68.6 Å². The van der Waals surface area contributed by atoms with Gasteiger partial charge >= 0.3 is 0 Å². The maximum absolute atomic E-state index is 5.47. The van der Waals surface area contributed by atoms with Crippen molar-refractivity contribution in [1.82, 2.24) is 9.97 Å². The summed E-state index contributed by atoms with van der Waals surface area (Å²) in [5, 5.41) is 3.09. The molecule has 0 bridgehead atoms. The lowest BCUT2D eigenvalue weighted by atomic mass is 10.3. The summed E-state index contributed by atoms with van der Waals surface area (Å²) in [6.07, 6.45) is 3.08. The minimum atomic E-state index is -0.229. The molecule has 0 saturated carbocycles. The summed E-state index contributed by atoms with van der Waals surface area (Å²) in [7, 11) is 0. The van der Waals surface area contributed by atoms with E-state index in [-0.39, 0.29) is 6.29 Å². The van der Waals surface area contributed by atoms with E-state index in [1.165, 1.54) is 0 Å². The molecule has 1 N–H and O–H groups in total. The van der Waals surface area contributed by atoms with E-state index < -0.39 is 0 Å². The predicted octanol–water partition coefficient (Wildman–Crippen LogP) is 1.20. The van der Waals surface area contributed by atoms with Crippen LogP contribution in [0.15, 0.2) is 17.4 Å². The van der Waals surface area contributed by atoms with Gasteiger partial charge < -0.3 is 14.8 Å². The Morgan fingerprint density at radius 1 is 1.35 bits per heavy atom. The molecule has 6 heteroatoms. The predicted molar refractivity (Wildman–Crippen MR) is 63.8 cm³/mol. The molecule has 0 saturated heterocycles. The second-order valence-electron chi connectivity index (χ2n) is 3.57. The van der Waals surface area contributed by atoms with Crippen LogP contribution in [0.1, 0.15) is 19.5 Å². The van der Waals surface area contributed by atoms with Crippen LogP contribution >= 0.6 is 0 Å². The molecule has 1 aromatic heterocycles. The average molecular weight is 236 g/mol. The number of hydrogen-bond donors (Lipinski definition) is 1. The first kappa shape index (κ1) is 11.9. The summed E-state index contributed by atoms with van der Waals surface area (Å²) >= 11 is 0. The molecule has 1 aliphatic rings. The van der Waals surface area contributed by atoms with Crippen molar-refractivity contribution >= 4 is 11.7 Å². The van der Waals surface area contributed by atoms with Crippen LogP contribution in [-0.2, 0) is 16.0 Å². The third-order valence-corrected chi connectivity index (χ3v) is 2.31. The largest absolute Gasteiger partial charge is 0.353 e. The van der Waals surface area contributed by atoms with E-state index in [0.29, 0.717) is 19.8 Å². The fourth-order valence-corrected chi connectivity index (χ4v) is 1.49. The maximum atomic E-state index is 5.47. The Morgan fingerprint density at radius 2 is 2.18 bits per heavy atom. The number of nitrogens with zero attached hydrogens (tertiary/aromatic N) is 3. The molecule has 0 aromatic carbocycles. The Labute approximate surface area is 100 Å². The quantitative estimate of drug-likeness (QED) is 0.778. The van der Waals surface area contributed by atoms with Crippen molar-refractivity contribution in [3.8, 4) is 0 Å². The number of rotatable bonds is 5. The third kappa shape index (κ3) is 3.21. The van der Waals surface area contributed by atoms with Crippen molar-refractivity contribution in [3.05, 3.63) is 18.1 Å². The zero-order valence-corrected chi connectivity index (χ0v) is 10.0. The third-order valence-electron chi connectivity index (χ3n) is 2.31. The molecule has 6 nitrogen and oxygen atoms in total. The van der Waals surface area contributed by atoms with Gasteiger partial charge in [-0.3, -0.25) is 9.98 Å². The number of aromatic nitrogens is 2. The van der Waals surface area contributed by atoms with Gasteiger partial charge in [0.15, 0.2) is 12.1 Å². The van der Waals surface area contributed by atoms with Gasteiger partial charge in [-0.05, 0) is 13.8 Å². The van der Waals surface area contributed by atoms with E-state index in [2.05, 4.69) is 20.3 Å². The van der Waals surface area contributed by atoms with Crippen molar-refractivity contribution in [3.63, 3.8) is 0 Å². The molecule has 2 heterocycles. The van der Waals surface area contributed by atoms with E-state index in [1.54, 1.807) is 12.4 Å². The highest BCUT2D eigenvalue weighted by Crippen LogP contribution is 2.14. The number of anilines is 1. The minimum absolute atomic E-state index is 0.229. The molecule has 1 unspecified atom stereocenters. The second-order valence-corrected chi connectivity index (χ2v) is 3.57. The highest BCUT2D eigenvalue weighted by molar-refractivity contribution is 5.97. The summed E-state index contributed by atoms with van der Waals surface area (Å²) in [6.45, 7) is 5.35. The normalized spacial score (nSPS) is 15.8. The Morgan fingerprint density at radius 3 is 3.00 bits per heavy atom. The molecule has 92 valence electrons. The Kier molecular flexibility index (Phi) is 4.00. The highest BCUT2D eigenvalue weighted by atomic mass is 16.7. The molecule has 0 aliphatic carbocycles. The fraction of sp³-hybridized carbons (Fsp3) is 0.545. The average Bonchev–Trinajstić information content (AvgIpc) is 2.36. The van der Waals surface area contributed by atoms with Gasteiger partial charge in [-0.1, -0.05) is 0 Å². The first-order valence-electron chi connectivity index (χ1n) is 5.63. The van der Waals surface area contributed by atoms with Gasteiger partial charge in [0.05, 0.1) is 6.54 Å². The van der Waals surface area contributed by atoms with Crippen molar-refractivity contribution in [2.45, 2.75) is 26.7 Å². The van der Waals surface area contributed by atoms with Gasteiger partial charge in [-0.2, -0.15) is 0 Å². The minimum Gasteiger partial charge on any atom is -0.353 e. The molecule has 0 fully saturated rings. The van der Waals surface area contributed by atoms with Gasteiger partial charge in [-0.15, -0.1) is 0 Å². The standard InChI is InChI=1S/C11H16N4O2/c1-3-16-8(2)17-7-10-14-6-9-11(15-10)13-5-4-12-9/h4-5,8H,3,6-7H2,1-2H3,(H,13,14,15). The highest BCUT2D eigenvalue weighted by Gasteiger charge is 2.14. The smallest absolute Gasteiger partial charge is 0.155 e. The van der Waals surface area contributed by atoms with E-state index in [9.17, 15) is 0 Å². The van der Waals surface area contributed by atoms with Gasteiger partial charge in [0.2, 0.25) is 0 Å². The maximum Gasteiger partial charge on any atom is 0.155 e. The summed E-state index contributed by atoms with van der Waals surface area (Å²) in [6, 6.07) is 0. The van der Waals surface area contributed by atoms with Crippen LogP contribution in [0.3, 0.4) is 0 Å². The van der Waals surface area contributed by atoms with Crippen molar-refractivity contribution in [1.29, 1.82) is 0 Å². The first-order chi connectivity index (χ1) is 8.29. The Balaban J connectivity index is 1.87. The molecule has 1 atom stereocenters. The van der Waals surface area contributed by atoms with Gasteiger partial charge in [0.25, 0.3) is 0 Å². The summed E-state index contributed by atoms with van der Waals surface area (Å²) in [5.41, 5.74) is 0.856. The first-order valence-corrected chi connectivity index (χ1v) is 5.63. The molecule has 2 rings (SSSR count). The summed E-state index contributed by atoms with van der Waals surface area (Å²) < 4.78 is 10.7. The number of nitrogens with one attached hydrogen (secondary N) is 1. The fourth-order valence-electron chi connectivity index (χ4n) is 1.49. The van der Waals surface area contributed by atoms with E-state index in [4.69, 9.17) is 9.47 Å². The molecule has 0 radical (unpaired) electrons. The monoisotopic (exact) mass is 236 g/mol. The van der Waals surface area contributed by atoms with Crippen LogP contribution in [0.2, 0.25) is 0 Å². The second kappa shape index (κ2) is 5.70. The Bertz CT molecular complexity index is 408. The van der Waals surface area contributed by atoms with Crippen molar-refractivity contribution < 1.29 is 9.47 Å². The van der Waals surface area contributed by atoms with Crippen LogP contribution < -0.4 is 5.32 Å². The van der Waals surface area contributed by atoms with E-state index in [1.807, 2.05) is 13.8 Å². The lowest BCUT2D eigenvalue weighted by Gasteiger charge is -2.18. The zero-order valence-electron chi connectivity index (χ0n) is 10.0. The van der Waals surface area contributed by atoms with Gasteiger partial charge in [0.1, 0.15) is 18.1 Å². The van der Waals surface area contributed by atoms with Crippen LogP contribution in [0.25, 0.3) is 0 Å². The molecule has 0 amide bonds. The number of hydrogen-bond acceptors (Lipinski definition) is 6. The van der Waals surface area contributed by atoms with Crippen LogP contribution in [0.4, 0.5) is 5.82 Å². The van der Waals surface area contributed by atoms with Crippen LogP contribution in [0.5, 0.6) is 0 Å². The van der Waals surface area contributed by atoms with E-state index >= 15 is 0 Å². The molecular weight excluding hydrogens is 220 g/mol. The number of aliphatic imine (C=N–C) groups is 1. The van der Waals surface area contributed by atoms with Gasteiger partial charge in [0, 0.05) is 19.0 Å². The van der Waals surface area contributed by atoms with Crippen molar-refractivity contribution in [2.75, 3.05) is 18.5 Å². The summed E-state index contributed by atoms with van der Waals surface area (Å²) in [4.78, 5) is 12.7. The Hall–Kier alpha value is -1.53. The SMILES string of the molecule is CCOC(C)OCC1=NCc2nccnc2N1. The molecule has 1 aliphatic heterocycles. The lowest BCUT2D eigenvalue weighted by molar-refractivity contribution is -0.115. The van der Waals surface area contributed by atoms with Crippen LogP contribution in [0, 0.1) is 0 Å². The van der Waals surface area contributed by atoms with E-state index in [0.717, 1.165) is 17.3 Å². The number of amidine groups is 1. The molecule has 17 heavy (non-hydrogen) atoms. The molecule has 0 spiro atoms. The van der Waals surface area contributed by atoms with Crippen LogP contribution in [-0.4, -0.2) is 35.3 Å². The zero-order chi connectivity index (χ0) is 12.1. The number of ether oxygens (including phenoxy) is 2. The molecule has 1 aromatic rings. The van der Waals surface area contributed by atoms with Gasteiger partial charge in [-0.25, -0.2) is 4.98 Å². The number of fused-ring (bicyclic) bond motifs is 1.